The van der Waals surface area contributed by atoms with E-state index in [2.05, 4.69) is 16.5 Å². The second-order valence-electron chi connectivity index (χ2n) is 10.4. The minimum Gasteiger partial charge on any atom is -0.364 e. The molecule has 1 saturated carbocycles. The maximum Gasteiger partial charge on any atom is 0.274 e. The zero-order valence-corrected chi connectivity index (χ0v) is 22.3. The molecule has 1 aromatic heterocycles. The Labute approximate surface area is 236 Å². The molecule has 4 aromatic rings. The highest BCUT2D eigenvalue weighted by atomic mass is 19.1. The van der Waals surface area contributed by atoms with Crippen LogP contribution in [0.3, 0.4) is 0 Å². The van der Waals surface area contributed by atoms with Crippen molar-refractivity contribution in [3.05, 3.63) is 112 Å². The average Bonchev–Trinajstić information content (AvgIpc) is 3.71. The molecule has 0 aliphatic heterocycles. The lowest BCUT2D eigenvalue weighted by Crippen LogP contribution is -2.38. The van der Waals surface area contributed by atoms with Gasteiger partial charge in [0.15, 0.2) is 5.69 Å². The molecule has 3 aromatic carbocycles. The number of amides is 2. The largest absolute Gasteiger partial charge is 0.364 e. The Morgan fingerprint density at radius 3 is 2.46 bits per heavy atom. The molecule has 1 heterocycles. The van der Waals surface area contributed by atoms with E-state index in [-0.39, 0.29) is 23.6 Å². The van der Waals surface area contributed by atoms with Gasteiger partial charge in [0.2, 0.25) is 0 Å². The minimum atomic E-state index is -0.979. The molecule has 2 amide bonds. The molecule has 10 heteroatoms. The maximum absolute atomic E-state index is 15.1. The van der Waals surface area contributed by atoms with Gasteiger partial charge in [-0.25, -0.2) is 9.07 Å². The summed E-state index contributed by atoms with van der Waals surface area (Å²) in [6.07, 6.45) is 3.81. The van der Waals surface area contributed by atoms with E-state index in [0.717, 1.165) is 30.4 Å². The molecule has 5 rings (SSSR count). The first-order chi connectivity index (χ1) is 19.7. The van der Waals surface area contributed by atoms with Crippen LogP contribution in [0.2, 0.25) is 0 Å². The summed E-state index contributed by atoms with van der Waals surface area (Å²) < 4.78 is 16.4. The number of carbonyl (C=O) groups excluding carboxylic acids is 2. The van der Waals surface area contributed by atoms with Crippen LogP contribution in [0.4, 0.5) is 10.1 Å². The van der Waals surface area contributed by atoms with E-state index in [9.17, 15) is 14.9 Å². The zero-order valence-electron chi connectivity index (χ0n) is 22.3. The van der Waals surface area contributed by atoms with Crippen molar-refractivity contribution < 1.29 is 14.0 Å². The lowest BCUT2D eigenvalue weighted by Gasteiger charge is -2.31. The second-order valence-corrected chi connectivity index (χ2v) is 10.4. The van der Waals surface area contributed by atoms with Crippen LogP contribution < -0.4 is 22.5 Å². The highest BCUT2D eigenvalue weighted by Crippen LogP contribution is 2.40. The van der Waals surface area contributed by atoms with E-state index in [1.807, 2.05) is 18.2 Å². The van der Waals surface area contributed by atoms with Gasteiger partial charge in [-0.2, -0.15) is 10.4 Å². The Bertz CT molecular complexity index is 1650. The summed E-state index contributed by atoms with van der Waals surface area (Å²) >= 11 is 0. The minimum absolute atomic E-state index is 0.0161. The van der Waals surface area contributed by atoms with E-state index in [1.165, 1.54) is 22.9 Å². The number of primary amides is 1. The van der Waals surface area contributed by atoms with Gasteiger partial charge in [0.25, 0.3) is 11.8 Å². The number of nitrogens with zero attached hydrogens (tertiary/aromatic N) is 3. The quantitative estimate of drug-likeness (QED) is 0.232. The van der Waals surface area contributed by atoms with Crippen molar-refractivity contribution >= 4 is 17.5 Å². The summed E-state index contributed by atoms with van der Waals surface area (Å²) in [4.78, 5) is 25.4. The second kappa shape index (κ2) is 11.3. The van der Waals surface area contributed by atoms with Gasteiger partial charge >= 0.3 is 0 Å². The van der Waals surface area contributed by atoms with Gasteiger partial charge in [0, 0.05) is 12.6 Å². The summed E-state index contributed by atoms with van der Waals surface area (Å²) in [5, 5.41) is 16.1. The topological polar surface area (TPSA) is 166 Å². The van der Waals surface area contributed by atoms with Gasteiger partial charge in [0.1, 0.15) is 11.5 Å². The Morgan fingerprint density at radius 1 is 1.07 bits per heavy atom. The van der Waals surface area contributed by atoms with Crippen molar-refractivity contribution in [2.45, 2.75) is 37.8 Å². The molecule has 0 bridgehead atoms. The molecule has 9 nitrogen and oxygen atoms in total. The maximum atomic E-state index is 15.1. The van der Waals surface area contributed by atoms with Crippen LogP contribution in [-0.2, 0) is 12.1 Å². The van der Waals surface area contributed by atoms with E-state index in [0.29, 0.717) is 29.2 Å². The molecule has 0 radical (unpaired) electrons. The molecular formula is C31H30FN7O2. The van der Waals surface area contributed by atoms with Crippen molar-refractivity contribution in [3.63, 3.8) is 0 Å². The van der Waals surface area contributed by atoms with Crippen molar-refractivity contribution in [1.29, 1.82) is 5.26 Å². The molecule has 0 saturated heterocycles. The molecule has 1 aliphatic rings. The van der Waals surface area contributed by atoms with Crippen LogP contribution in [0.15, 0.2) is 72.8 Å². The first-order valence-corrected chi connectivity index (χ1v) is 13.3. The van der Waals surface area contributed by atoms with Gasteiger partial charge in [-0.3, -0.25) is 9.59 Å². The van der Waals surface area contributed by atoms with E-state index < -0.39 is 23.2 Å². The molecule has 1 aliphatic carbocycles. The van der Waals surface area contributed by atoms with Crippen LogP contribution in [0.5, 0.6) is 0 Å². The normalized spacial score (nSPS) is 14.2. The number of carbonyl (C=O) groups is 2. The average molecular weight is 552 g/mol. The first kappa shape index (κ1) is 27.7. The molecular weight excluding hydrogens is 521 g/mol. The highest BCUT2D eigenvalue weighted by molar-refractivity contribution is 6.05. The number of anilines is 1. The Kier molecular flexibility index (Phi) is 7.66. The monoisotopic (exact) mass is 551 g/mol. The Hall–Kier alpha value is -4.85. The lowest BCUT2D eigenvalue weighted by molar-refractivity contribution is 0.0993. The third-order valence-corrected chi connectivity index (χ3v) is 7.49. The lowest BCUT2D eigenvalue weighted by atomic mass is 9.79. The smallest absolute Gasteiger partial charge is 0.274 e. The van der Waals surface area contributed by atoms with Crippen LogP contribution in [0.1, 0.15) is 68.9 Å². The number of nitriles is 1. The van der Waals surface area contributed by atoms with Gasteiger partial charge in [-0.1, -0.05) is 43.2 Å². The van der Waals surface area contributed by atoms with Gasteiger partial charge in [-0.05, 0) is 71.8 Å². The number of rotatable bonds is 10. The summed E-state index contributed by atoms with van der Waals surface area (Å²) in [7, 11) is 0. The number of halogens is 1. The van der Waals surface area contributed by atoms with Crippen LogP contribution in [0, 0.1) is 23.1 Å². The van der Waals surface area contributed by atoms with Gasteiger partial charge in [-0.15, -0.1) is 0 Å². The number of benzene rings is 3. The van der Waals surface area contributed by atoms with Crippen molar-refractivity contribution in [1.82, 2.24) is 9.78 Å². The number of hydrogen-bond acceptors (Lipinski definition) is 6. The standard InChI is InChI=1S/C31H30FN7O2/c32-25-11-10-23(31(36,13-12-19-4-5-19)22-8-6-20(17-33)7-9-22)15-26(25)37-30(41)28-16-27(29(35)40)38-39(28)24-3-1-2-21(14-24)18-34/h1-3,6-11,14-16,19H,4-5,12-13,18,34,36H2,(H2,35,40)(H,37,41). The molecule has 41 heavy (non-hydrogen) atoms. The number of nitrogens with one attached hydrogen (secondary N) is 1. The van der Waals surface area contributed by atoms with E-state index in [4.69, 9.17) is 17.2 Å². The summed E-state index contributed by atoms with van der Waals surface area (Å²) in [6.45, 7) is 0.262. The van der Waals surface area contributed by atoms with Crippen LogP contribution in [-0.4, -0.2) is 21.6 Å². The molecule has 1 unspecified atom stereocenters. The van der Waals surface area contributed by atoms with Crippen molar-refractivity contribution in [2.24, 2.45) is 23.1 Å². The fourth-order valence-electron chi connectivity index (χ4n) is 4.90. The first-order valence-electron chi connectivity index (χ1n) is 13.3. The van der Waals surface area contributed by atoms with E-state index in [1.54, 1.807) is 36.4 Å². The molecule has 1 fully saturated rings. The predicted octanol–water partition coefficient (Wildman–Crippen LogP) is 4.09. The van der Waals surface area contributed by atoms with Crippen LogP contribution >= 0.6 is 0 Å². The third-order valence-electron chi connectivity index (χ3n) is 7.49. The molecule has 0 spiro atoms. The van der Waals surface area contributed by atoms with Gasteiger partial charge < -0.3 is 22.5 Å². The van der Waals surface area contributed by atoms with Crippen molar-refractivity contribution in [2.75, 3.05) is 5.32 Å². The predicted molar refractivity (Wildman–Crippen MR) is 152 cm³/mol. The molecule has 208 valence electrons. The third kappa shape index (κ3) is 5.87. The Morgan fingerprint density at radius 2 is 1.80 bits per heavy atom. The number of hydrogen-bond donors (Lipinski definition) is 4. The van der Waals surface area contributed by atoms with Gasteiger partial charge in [0.05, 0.1) is 28.5 Å². The Balaban J connectivity index is 1.51. The van der Waals surface area contributed by atoms with Crippen LogP contribution in [0.25, 0.3) is 5.69 Å². The molecule has 1 atom stereocenters. The highest BCUT2D eigenvalue weighted by Gasteiger charge is 2.33. The fourth-order valence-corrected chi connectivity index (χ4v) is 4.90. The van der Waals surface area contributed by atoms with E-state index >= 15 is 4.39 Å². The fraction of sp³-hybridized carbons (Fsp3) is 0.226. The summed E-state index contributed by atoms with van der Waals surface area (Å²) in [6, 6.07) is 21.8. The molecule has 7 N–H and O–H groups in total. The number of aromatic nitrogens is 2. The number of nitrogens with two attached hydrogens (primary N) is 3. The summed E-state index contributed by atoms with van der Waals surface area (Å²) in [5.74, 6) is -1.56. The SMILES string of the molecule is N#Cc1ccc(C(N)(CCC2CC2)c2ccc(F)c(NC(=O)c3cc(C(N)=O)nn3-c3cccc(CN)c3)c2)cc1. The zero-order chi connectivity index (χ0) is 29.1. The summed E-state index contributed by atoms with van der Waals surface area (Å²) in [5.41, 5.74) is 20.2. The van der Waals surface area contributed by atoms with Crippen molar-refractivity contribution in [3.8, 4) is 11.8 Å².